The summed E-state index contributed by atoms with van der Waals surface area (Å²) >= 11 is 26.0. The Hall–Kier alpha value is -5.04. The minimum Gasteiger partial charge on any atom is -0.481 e. The van der Waals surface area contributed by atoms with E-state index in [-0.39, 0.29) is 77.8 Å². The first-order valence-corrected chi connectivity index (χ1v) is 35.0. The molecule has 0 bridgehead atoms. The number of fused-ring (bicyclic) bond motifs is 2. The predicted octanol–water partition coefficient (Wildman–Crippen LogP) is 5.77. The summed E-state index contributed by atoms with van der Waals surface area (Å²) in [7, 11) is -8.17. The highest BCUT2D eigenvalue weighted by Crippen LogP contribution is 2.45. The SMILES string of the molecule is O=C(NCCCCNC(=O)NCCOCCN1CC[C@H](NS(=O)(=O)c2ccc(O[C@H]3c4cc(Cl)cc(Cl)c4C[C@@H]3N3CCNCC3)c(F)c2)C1)NCCOCCN1C=C(NS(=O)(=O)c2ccc(O[C@H]3c4cc(Cl)cc(Cl)c4C[C@@H]3N3CCNCC3)c(F)c2)CC1. The zero-order valence-electron chi connectivity index (χ0n) is 49.8. The molecule has 6 aliphatic rings. The van der Waals surface area contributed by atoms with Crippen molar-refractivity contribution < 1.29 is 54.2 Å². The first-order chi connectivity index (χ1) is 43.4. The van der Waals surface area contributed by atoms with Gasteiger partial charge in [-0.25, -0.2) is 39.9 Å². The van der Waals surface area contributed by atoms with Gasteiger partial charge in [0.2, 0.25) is 10.0 Å². The van der Waals surface area contributed by atoms with Crippen LogP contribution in [-0.2, 0) is 42.4 Å². The van der Waals surface area contributed by atoms with E-state index in [4.69, 9.17) is 65.4 Å². The number of nitrogens with one attached hydrogen (secondary N) is 8. The second kappa shape index (κ2) is 31.7. The summed E-state index contributed by atoms with van der Waals surface area (Å²) in [6.07, 6.45) is 4.08. The van der Waals surface area contributed by atoms with Crippen molar-refractivity contribution in [2.45, 2.75) is 78.6 Å². The Balaban J connectivity index is 0.532. The van der Waals surface area contributed by atoms with Gasteiger partial charge in [0.25, 0.3) is 10.0 Å². The van der Waals surface area contributed by atoms with Crippen LogP contribution in [0, 0.1) is 11.6 Å². The van der Waals surface area contributed by atoms with E-state index >= 15 is 8.78 Å². The molecule has 8 N–H and O–H groups in total. The smallest absolute Gasteiger partial charge is 0.314 e. The van der Waals surface area contributed by atoms with Gasteiger partial charge in [0.15, 0.2) is 23.1 Å². The number of unbranched alkanes of at least 4 members (excludes halogenated alkanes) is 1. The largest absolute Gasteiger partial charge is 0.481 e. The number of sulfonamides is 2. The molecule has 4 aliphatic heterocycles. The molecule has 30 heteroatoms. The second-order valence-electron chi connectivity index (χ2n) is 23.0. The molecule has 4 heterocycles. The summed E-state index contributed by atoms with van der Waals surface area (Å²) in [5.41, 5.74) is 3.86. The Kier molecular flexibility index (Phi) is 23.9. The zero-order chi connectivity index (χ0) is 63.4. The number of halogens is 6. The molecule has 4 aromatic rings. The molecule has 5 atom stereocenters. The van der Waals surface area contributed by atoms with Crippen LogP contribution in [0.3, 0.4) is 0 Å². The lowest BCUT2D eigenvalue weighted by Gasteiger charge is -2.36. The fourth-order valence-corrected chi connectivity index (χ4v) is 15.9. The number of hydrogen-bond acceptors (Lipinski definition) is 16. The summed E-state index contributed by atoms with van der Waals surface area (Å²) in [4.78, 5) is 32.8. The van der Waals surface area contributed by atoms with Gasteiger partial charge < -0.3 is 55.7 Å². The van der Waals surface area contributed by atoms with Crippen molar-refractivity contribution in [2.75, 3.05) is 138 Å². The number of likely N-dealkylation sites (tertiary alicyclic amines) is 1. The van der Waals surface area contributed by atoms with E-state index in [0.29, 0.717) is 123 Å². The number of amides is 4. The Morgan fingerprint density at radius 1 is 0.589 bits per heavy atom. The third kappa shape index (κ3) is 18.0. The van der Waals surface area contributed by atoms with Crippen molar-refractivity contribution in [1.82, 2.24) is 60.9 Å². The van der Waals surface area contributed by atoms with Gasteiger partial charge in [-0.3, -0.25) is 19.4 Å². The third-order valence-corrected chi connectivity index (χ3v) is 20.9. The molecule has 0 radical (unpaired) electrons. The van der Waals surface area contributed by atoms with E-state index in [1.807, 2.05) is 4.90 Å². The van der Waals surface area contributed by atoms with Crippen molar-refractivity contribution in [3.8, 4) is 11.5 Å². The molecule has 492 valence electrons. The maximum Gasteiger partial charge on any atom is 0.314 e. The molecule has 4 aromatic carbocycles. The number of rotatable bonds is 29. The Morgan fingerprint density at radius 3 is 1.59 bits per heavy atom. The molecule has 90 heavy (non-hydrogen) atoms. The minimum absolute atomic E-state index is 0.0613. The standard InChI is InChI=1S/C60H78Cl4F2N12O10S2/c61-39-29-47-45(49(63)31-39)35-53(77-19-11-67-12-20-77)57(47)87-55-5-3-43(33-51(55)65)89(81,82)73-41-7-17-75(37-41)23-27-85-25-15-71-59(79)69-9-1-2-10-70-60(80)72-16-26-86-28-24-76-18-8-42(38-76)74-90(83,84)44-4-6-56(52(66)34-44)88-58-48-30-40(62)32-50(64)46(48)36-54(58)78-21-13-68-14-22-78/h3-6,29-34,37,42,53-54,57-58,67-68,73-74H,1-2,7-28,35-36,38H2,(H2,69,71,79)(H2,70,72,80)/t42-,53-,54-,57-,58-/m0/s1. The molecule has 2 aliphatic carbocycles. The van der Waals surface area contributed by atoms with Crippen LogP contribution in [0.1, 0.15) is 60.1 Å². The van der Waals surface area contributed by atoms with E-state index in [2.05, 4.69) is 56.0 Å². The molecule has 10 rings (SSSR count). The summed E-state index contributed by atoms with van der Waals surface area (Å²) < 4.78 is 115. The Labute approximate surface area is 544 Å². The highest BCUT2D eigenvalue weighted by atomic mass is 35.5. The fraction of sp³-hybridized carbons (Fsp3) is 0.533. The van der Waals surface area contributed by atoms with Crippen LogP contribution < -0.4 is 50.8 Å². The van der Waals surface area contributed by atoms with Gasteiger partial charge in [-0.2, -0.15) is 0 Å². The number of piperazine rings is 2. The maximum absolute atomic E-state index is 15.7. The highest BCUT2D eigenvalue weighted by Gasteiger charge is 2.42. The van der Waals surface area contributed by atoms with Gasteiger partial charge in [0.1, 0.15) is 12.2 Å². The van der Waals surface area contributed by atoms with E-state index < -0.39 is 43.9 Å². The van der Waals surface area contributed by atoms with Crippen LogP contribution >= 0.6 is 46.4 Å². The molecule has 22 nitrogen and oxygen atoms in total. The minimum atomic E-state index is -4.12. The van der Waals surface area contributed by atoms with Crippen LogP contribution in [0.2, 0.25) is 20.1 Å². The number of hydrogen-bond donors (Lipinski definition) is 8. The predicted molar refractivity (Wildman–Crippen MR) is 340 cm³/mol. The molecule has 0 saturated carbocycles. The van der Waals surface area contributed by atoms with Gasteiger partial charge in [0.05, 0.1) is 48.3 Å². The fourth-order valence-electron chi connectivity index (χ4n) is 12.3. The number of carbonyl (C=O) groups excluding carboxylic acids is 2. The van der Waals surface area contributed by atoms with Gasteiger partial charge >= 0.3 is 12.1 Å². The lowest BCUT2D eigenvalue weighted by atomic mass is 10.1. The first kappa shape index (κ1) is 67.8. The molecule has 0 aromatic heterocycles. The Morgan fingerprint density at radius 2 is 1.08 bits per heavy atom. The maximum atomic E-state index is 15.7. The van der Waals surface area contributed by atoms with Gasteiger partial charge in [0, 0.05) is 160 Å². The zero-order valence-corrected chi connectivity index (χ0v) is 54.4. The number of carbonyl (C=O) groups is 2. The number of urea groups is 2. The number of nitrogens with zero attached hydrogens (tertiary/aromatic N) is 4. The number of benzene rings is 4. The topological polar surface area (TPSA) is 249 Å². The van der Waals surface area contributed by atoms with Crippen molar-refractivity contribution in [3.63, 3.8) is 0 Å². The molecule has 3 saturated heterocycles. The van der Waals surface area contributed by atoms with Crippen molar-refractivity contribution >= 4 is 78.5 Å². The molecule has 0 unspecified atom stereocenters. The van der Waals surface area contributed by atoms with Gasteiger partial charge in [-0.15, -0.1) is 0 Å². The van der Waals surface area contributed by atoms with Crippen molar-refractivity contribution in [1.29, 1.82) is 0 Å². The van der Waals surface area contributed by atoms with Crippen molar-refractivity contribution in [2.24, 2.45) is 0 Å². The molecule has 4 amide bonds. The molecule has 0 spiro atoms. The van der Waals surface area contributed by atoms with E-state index in [1.54, 1.807) is 30.5 Å². The summed E-state index contributed by atoms with van der Waals surface area (Å²) in [5.74, 6) is -1.74. The highest BCUT2D eigenvalue weighted by molar-refractivity contribution is 7.89. The lowest BCUT2D eigenvalue weighted by Crippen LogP contribution is -2.50. The van der Waals surface area contributed by atoms with Crippen LogP contribution in [0.4, 0.5) is 18.4 Å². The third-order valence-electron chi connectivity index (χ3n) is 16.9. The normalized spacial score (nSPS) is 21.4. The average molecular weight is 1370 g/mol. The van der Waals surface area contributed by atoms with Crippen LogP contribution in [0.25, 0.3) is 0 Å². The quantitative estimate of drug-likeness (QED) is 0.0301. The second-order valence-corrected chi connectivity index (χ2v) is 28.1. The molecular formula is C60H78Cl4F2N12O10S2. The number of ether oxygens (including phenoxy) is 4. The van der Waals surface area contributed by atoms with E-state index in [9.17, 15) is 26.4 Å². The van der Waals surface area contributed by atoms with Gasteiger partial charge in [-0.05, 0) is 110 Å². The van der Waals surface area contributed by atoms with Crippen LogP contribution in [-0.4, -0.2) is 204 Å². The lowest BCUT2D eigenvalue weighted by molar-refractivity contribution is 0.0667. The van der Waals surface area contributed by atoms with Crippen molar-refractivity contribution in [3.05, 3.63) is 127 Å². The average Bonchev–Trinajstić information content (AvgIpc) is 1.63. The van der Waals surface area contributed by atoms with E-state index in [1.165, 1.54) is 24.3 Å². The van der Waals surface area contributed by atoms with Crippen LogP contribution in [0.5, 0.6) is 11.5 Å². The summed E-state index contributed by atoms with van der Waals surface area (Å²) in [6, 6.07) is 13.1. The Bertz CT molecular complexity index is 3430. The molecule has 3 fully saturated rings. The molecular weight excluding hydrogens is 1290 g/mol. The van der Waals surface area contributed by atoms with Crippen LogP contribution in [0.15, 0.2) is 82.4 Å². The summed E-state index contributed by atoms with van der Waals surface area (Å²) in [5, 5.41) is 19.7. The summed E-state index contributed by atoms with van der Waals surface area (Å²) in [6.45, 7) is 11.7. The van der Waals surface area contributed by atoms with Gasteiger partial charge in [-0.1, -0.05) is 46.4 Å². The first-order valence-electron chi connectivity index (χ1n) is 30.6. The van der Waals surface area contributed by atoms with E-state index in [0.717, 1.165) is 86.7 Å². The monoisotopic (exact) mass is 1370 g/mol.